The number of ketones is 1. The maximum absolute atomic E-state index is 11.9. The molecule has 3 saturated carbocycles. The van der Waals surface area contributed by atoms with Crippen LogP contribution in [0.1, 0.15) is 59.4 Å². The standard InChI is InChI=1S/C12H18O/c13-11-3-5-12(6-4-11)8-9-1-2-10(12)7-9/h9-10H,1-8H2/i3D2,4D2,5D2. The smallest absolute Gasteiger partial charge is 0.132 e. The second kappa shape index (κ2) is 2.59. The Morgan fingerprint density at radius 2 is 2.31 bits per heavy atom. The fourth-order valence-corrected chi connectivity index (χ4v) is 3.32. The Hall–Kier alpha value is -0.330. The van der Waals surface area contributed by atoms with E-state index >= 15 is 0 Å². The van der Waals surface area contributed by atoms with Crippen LogP contribution in [0.4, 0.5) is 0 Å². The number of hydrogen-bond donors (Lipinski definition) is 0. The second-order valence-electron chi connectivity index (χ2n) is 4.67. The molecule has 1 heteroatoms. The molecule has 0 heterocycles. The molecule has 1 spiro atoms. The Morgan fingerprint density at radius 3 is 3.00 bits per heavy atom. The molecule has 0 radical (unpaired) electrons. The summed E-state index contributed by atoms with van der Waals surface area (Å²) in [4.78, 5) is 11.9. The second-order valence-corrected chi connectivity index (χ2v) is 4.67. The molecule has 0 aliphatic heterocycles. The van der Waals surface area contributed by atoms with Crippen molar-refractivity contribution in [1.82, 2.24) is 0 Å². The normalized spacial score (nSPS) is 67.5. The first-order valence-corrected chi connectivity index (χ1v) is 5.09. The highest BCUT2D eigenvalue weighted by Gasteiger charge is 2.51. The van der Waals surface area contributed by atoms with Crippen molar-refractivity contribution in [1.29, 1.82) is 0 Å². The van der Waals surface area contributed by atoms with Gasteiger partial charge in [0.05, 0.1) is 0 Å². The summed E-state index contributed by atoms with van der Waals surface area (Å²) in [7, 11) is 0. The van der Waals surface area contributed by atoms with Crippen LogP contribution in [0.5, 0.6) is 0 Å². The number of fused-ring (bicyclic) bond motifs is 3. The summed E-state index contributed by atoms with van der Waals surface area (Å²) in [6, 6.07) is 0. The average Bonchev–Trinajstić information content (AvgIpc) is 2.86. The lowest BCUT2D eigenvalue weighted by Crippen LogP contribution is -2.32. The van der Waals surface area contributed by atoms with Crippen molar-refractivity contribution in [3.8, 4) is 0 Å². The molecule has 3 atom stereocenters. The van der Waals surface area contributed by atoms with Crippen LogP contribution < -0.4 is 0 Å². The van der Waals surface area contributed by atoms with Gasteiger partial charge >= 0.3 is 0 Å². The average molecular weight is 184 g/mol. The number of hydrogen-bond acceptors (Lipinski definition) is 1. The third kappa shape index (κ3) is 1.09. The molecule has 13 heavy (non-hydrogen) atoms. The fourth-order valence-electron chi connectivity index (χ4n) is 3.32. The number of carbonyl (C=O) groups excluding carboxylic acids is 1. The first kappa shape index (κ1) is 4.04. The van der Waals surface area contributed by atoms with Gasteiger partial charge in [0.1, 0.15) is 5.78 Å². The van der Waals surface area contributed by atoms with E-state index in [9.17, 15) is 4.79 Å². The minimum absolute atomic E-state index is 0.0192. The largest absolute Gasteiger partial charge is 0.300 e. The topological polar surface area (TPSA) is 17.1 Å². The van der Waals surface area contributed by atoms with E-state index < -0.39 is 30.3 Å². The molecular weight excluding hydrogens is 160 g/mol. The molecule has 0 amide bonds. The zero-order chi connectivity index (χ0) is 14.3. The van der Waals surface area contributed by atoms with E-state index in [2.05, 4.69) is 0 Å². The Bertz CT molecular complexity index is 446. The molecule has 0 saturated heterocycles. The Labute approximate surface area is 88.3 Å². The monoisotopic (exact) mass is 184 g/mol. The van der Waals surface area contributed by atoms with Crippen LogP contribution in [-0.4, -0.2) is 5.78 Å². The zero-order valence-corrected chi connectivity index (χ0v) is 7.60. The molecule has 3 aliphatic rings. The van der Waals surface area contributed by atoms with Gasteiger partial charge < -0.3 is 0 Å². The van der Waals surface area contributed by atoms with Crippen molar-refractivity contribution in [3.05, 3.63) is 0 Å². The van der Waals surface area contributed by atoms with Crippen molar-refractivity contribution in [3.63, 3.8) is 0 Å². The van der Waals surface area contributed by atoms with Gasteiger partial charge in [0, 0.05) is 21.0 Å². The summed E-state index contributed by atoms with van der Waals surface area (Å²) < 4.78 is 47.9. The SMILES string of the molecule is [2H]C1([2H])CC2(CC3CCC2C3)C([2H])([2H])C([2H])([2H])C1=O. The van der Waals surface area contributed by atoms with E-state index in [1.807, 2.05) is 0 Å². The van der Waals surface area contributed by atoms with E-state index in [1.54, 1.807) is 0 Å². The van der Waals surface area contributed by atoms with Crippen molar-refractivity contribution in [2.24, 2.45) is 17.3 Å². The van der Waals surface area contributed by atoms with E-state index in [1.165, 1.54) is 0 Å². The van der Waals surface area contributed by atoms with E-state index in [-0.39, 0.29) is 12.3 Å². The van der Waals surface area contributed by atoms with Crippen LogP contribution >= 0.6 is 0 Å². The predicted octanol–water partition coefficient (Wildman–Crippen LogP) is 2.94. The zero-order valence-electron chi connectivity index (χ0n) is 13.6. The van der Waals surface area contributed by atoms with Crippen LogP contribution in [0.3, 0.4) is 0 Å². The van der Waals surface area contributed by atoms with Crippen LogP contribution in [0.15, 0.2) is 0 Å². The molecule has 3 unspecified atom stereocenters. The van der Waals surface area contributed by atoms with Gasteiger partial charge in [0.15, 0.2) is 0 Å². The van der Waals surface area contributed by atoms with Crippen molar-refractivity contribution >= 4 is 5.78 Å². The summed E-state index contributed by atoms with van der Waals surface area (Å²) in [6.07, 6.45) is -4.17. The molecule has 72 valence electrons. The van der Waals surface area contributed by atoms with Gasteiger partial charge in [-0.2, -0.15) is 0 Å². The Balaban J connectivity index is 2.13. The van der Waals surface area contributed by atoms with Gasteiger partial charge in [-0.3, -0.25) is 4.79 Å². The van der Waals surface area contributed by atoms with E-state index in [0.717, 1.165) is 19.3 Å². The van der Waals surface area contributed by atoms with Crippen LogP contribution in [0.2, 0.25) is 0 Å². The van der Waals surface area contributed by atoms with Crippen molar-refractivity contribution in [2.45, 2.75) is 51.2 Å². The van der Waals surface area contributed by atoms with Gasteiger partial charge in [0.2, 0.25) is 0 Å². The minimum atomic E-state index is -2.74. The fraction of sp³-hybridized carbons (Fsp3) is 0.917. The number of carbonyl (C=O) groups is 1. The molecule has 3 rings (SSSR count). The van der Waals surface area contributed by atoms with Gasteiger partial charge in [-0.1, -0.05) is 6.42 Å². The van der Waals surface area contributed by atoms with Gasteiger partial charge in [-0.25, -0.2) is 0 Å². The highest BCUT2D eigenvalue weighted by atomic mass is 16.1. The first-order chi connectivity index (χ1) is 8.55. The molecule has 3 aliphatic carbocycles. The van der Waals surface area contributed by atoms with Crippen LogP contribution in [-0.2, 0) is 4.79 Å². The molecule has 0 N–H and O–H groups in total. The molecule has 0 aromatic rings. The minimum Gasteiger partial charge on any atom is -0.300 e. The summed E-state index contributed by atoms with van der Waals surface area (Å²) in [5, 5.41) is 0. The predicted molar refractivity (Wildman–Crippen MR) is 51.4 cm³/mol. The Morgan fingerprint density at radius 1 is 1.38 bits per heavy atom. The molecule has 0 aromatic heterocycles. The number of Topliss-reactive ketones (excluding diaryl/α,β-unsaturated/α-hetero) is 1. The Kier molecular flexibility index (Phi) is 0.803. The molecular formula is C12H18O. The highest BCUT2D eigenvalue weighted by Crippen LogP contribution is 2.61. The third-order valence-corrected chi connectivity index (χ3v) is 3.97. The maximum Gasteiger partial charge on any atom is 0.132 e. The lowest BCUT2D eigenvalue weighted by Gasteiger charge is -2.40. The summed E-state index contributed by atoms with van der Waals surface area (Å²) in [6.45, 7) is 0. The van der Waals surface area contributed by atoms with Gasteiger partial charge in [0.25, 0.3) is 0 Å². The molecule has 0 aromatic carbocycles. The van der Waals surface area contributed by atoms with E-state index in [4.69, 9.17) is 8.22 Å². The van der Waals surface area contributed by atoms with Gasteiger partial charge in [-0.15, -0.1) is 0 Å². The highest BCUT2D eigenvalue weighted by molar-refractivity contribution is 5.79. The summed E-state index contributed by atoms with van der Waals surface area (Å²) >= 11 is 0. The lowest BCUT2D eigenvalue weighted by molar-refractivity contribution is -0.123. The summed E-state index contributed by atoms with van der Waals surface area (Å²) in [5.74, 6) is -0.830. The summed E-state index contributed by atoms with van der Waals surface area (Å²) in [5.41, 5.74) is -1.00. The van der Waals surface area contributed by atoms with Crippen molar-refractivity contribution in [2.75, 3.05) is 0 Å². The molecule has 3 fully saturated rings. The van der Waals surface area contributed by atoms with E-state index in [0.29, 0.717) is 12.3 Å². The molecule has 2 bridgehead atoms. The van der Waals surface area contributed by atoms with Gasteiger partial charge in [-0.05, 0) is 49.3 Å². The third-order valence-electron chi connectivity index (χ3n) is 3.97. The maximum atomic E-state index is 11.9. The quantitative estimate of drug-likeness (QED) is 0.565. The van der Waals surface area contributed by atoms with Crippen LogP contribution in [0, 0.1) is 17.3 Å². The van der Waals surface area contributed by atoms with Crippen LogP contribution in [0.25, 0.3) is 0 Å². The van der Waals surface area contributed by atoms with Crippen molar-refractivity contribution < 1.29 is 13.0 Å². The lowest BCUT2D eigenvalue weighted by atomic mass is 9.64. The number of rotatable bonds is 0. The first-order valence-electron chi connectivity index (χ1n) is 8.09. The molecule has 1 nitrogen and oxygen atoms in total.